The van der Waals surface area contributed by atoms with E-state index in [0.29, 0.717) is 11.6 Å². The number of benzene rings is 1. The summed E-state index contributed by atoms with van der Waals surface area (Å²) in [5.74, 6) is -0.285. The van der Waals surface area contributed by atoms with E-state index < -0.39 is 16.4 Å². The van der Waals surface area contributed by atoms with Gasteiger partial charge >= 0.3 is 5.69 Å². The molecule has 1 aromatic carbocycles. The number of anilines is 1. The molecule has 1 aliphatic rings. The van der Waals surface area contributed by atoms with Gasteiger partial charge in [0.1, 0.15) is 5.69 Å². The Morgan fingerprint density at radius 3 is 2.71 bits per heavy atom. The first-order chi connectivity index (χ1) is 8.00. The minimum absolute atomic E-state index is 0.213. The molecule has 0 N–H and O–H groups in total. The van der Waals surface area contributed by atoms with Gasteiger partial charge in [0.2, 0.25) is 5.82 Å². The summed E-state index contributed by atoms with van der Waals surface area (Å²) in [7, 11) is 0. The first kappa shape index (κ1) is 11.8. The molecule has 1 aromatic rings. The Hall–Kier alpha value is -1.65. The molecule has 17 heavy (non-hydrogen) atoms. The standard InChI is InChI=1S/C12H15FN2O2/c1-8-6-9(2)14(7-8)11-5-3-4-10(13)12(11)15(16)17/h3-5,8-9H,6-7H2,1-2H3. The molecule has 0 spiro atoms. The van der Waals surface area contributed by atoms with E-state index in [1.807, 2.05) is 11.8 Å². The summed E-state index contributed by atoms with van der Waals surface area (Å²) in [6.45, 7) is 4.85. The molecular formula is C12H15FN2O2. The smallest absolute Gasteiger partial charge is 0.327 e. The van der Waals surface area contributed by atoms with Gasteiger partial charge in [-0.05, 0) is 31.4 Å². The summed E-state index contributed by atoms with van der Waals surface area (Å²) in [4.78, 5) is 12.2. The van der Waals surface area contributed by atoms with Crippen molar-refractivity contribution in [3.63, 3.8) is 0 Å². The molecule has 1 aliphatic heterocycles. The number of halogens is 1. The van der Waals surface area contributed by atoms with Crippen LogP contribution in [0.2, 0.25) is 0 Å². The molecule has 5 heteroatoms. The number of rotatable bonds is 2. The van der Waals surface area contributed by atoms with Crippen LogP contribution in [0.4, 0.5) is 15.8 Å². The minimum atomic E-state index is -0.765. The van der Waals surface area contributed by atoms with Crippen LogP contribution in [-0.4, -0.2) is 17.5 Å². The monoisotopic (exact) mass is 238 g/mol. The van der Waals surface area contributed by atoms with Crippen molar-refractivity contribution in [3.8, 4) is 0 Å². The lowest BCUT2D eigenvalue weighted by molar-refractivity contribution is -0.386. The molecule has 0 aliphatic carbocycles. The number of para-hydroxylation sites is 1. The van der Waals surface area contributed by atoms with Gasteiger partial charge in [0.15, 0.2) is 0 Å². The van der Waals surface area contributed by atoms with Crippen molar-refractivity contribution < 1.29 is 9.31 Å². The zero-order chi connectivity index (χ0) is 12.6. The summed E-state index contributed by atoms with van der Waals surface area (Å²) in [6, 6.07) is 4.49. The van der Waals surface area contributed by atoms with Gasteiger partial charge in [0.25, 0.3) is 0 Å². The number of hydrogen-bond acceptors (Lipinski definition) is 3. The van der Waals surface area contributed by atoms with Gasteiger partial charge < -0.3 is 4.90 Å². The zero-order valence-corrected chi connectivity index (χ0v) is 9.89. The third kappa shape index (κ3) is 2.09. The summed E-state index contributed by atoms with van der Waals surface area (Å²) in [6.07, 6.45) is 0.980. The van der Waals surface area contributed by atoms with Gasteiger partial charge in [-0.2, -0.15) is 4.39 Å². The fourth-order valence-electron chi connectivity index (χ4n) is 2.55. The Morgan fingerprint density at radius 1 is 1.47 bits per heavy atom. The van der Waals surface area contributed by atoms with E-state index in [1.54, 1.807) is 6.07 Å². The van der Waals surface area contributed by atoms with E-state index in [0.717, 1.165) is 19.0 Å². The van der Waals surface area contributed by atoms with Crippen molar-refractivity contribution >= 4 is 11.4 Å². The molecule has 1 heterocycles. The quantitative estimate of drug-likeness (QED) is 0.587. The highest BCUT2D eigenvalue weighted by molar-refractivity contribution is 5.64. The molecule has 1 saturated heterocycles. The van der Waals surface area contributed by atoms with Crippen LogP contribution in [0.1, 0.15) is 20.3 Å². The fourth-order valence-corrected chi connectivity index (χ4v) is 2.55. The molecule has 0 bridgehead atoms. The van der Waals surface area contributed by atoms with Crippen molar-refractivity contribution in [1.29, 1.82) is 0 Å². The topological polar surface area (TPSA) is 46.4 Å². The van der Waals surface area contributed by atoms with Crippen molar-refractivity contribution in [3.05, 3.63) is 34.1 Å². The van der Waals surface area contributed by atoms with Gasteiger partial charge in [0, 0.05) is 12.6 Å². The van der Waals surface area contributed by atoms with Crippen LogP contribution < -0.4 is 4.90 Å². The largest absolute Gasteiger partial charge is 0.363 e. The lowest BCUT2D eigenvalue weighted by atomic mass is 10.1. The zero-order valence-electron chi connectivity index (χ0n) is 9.89. The molecule has 2 unspecified atom stereocenters. The Bertz CT molecular complexity index is 450. The Balaban J connectivity index is 2.45. The first-order valence-electron chi connectivity index (χ1n) is 5.70. The van der Waals surface area contributed by atoms with Crippen LogP contribution in [0.5, 0.6) is 0 Å². The van der Waals surface area contributed by atoms with E-state index >= 15 is 0 Å². The third-order valence-electron chi connectivity index (χ3n) is 3.24. The maximum absolute atomic E-state index is 13.5. The van der Waals surface area contributed by atoms with Gasteiger partial charge in [-0.3, -0.25) is 10.1 Å². The second kappa shape index (κ2) is 4.31. The predicted molar refractivity (Wildman–Crippen MR) is 63.6 cm³/mol. The summed E-state index contributed by atoms with van der Waals surface area (Å²) in [5.41, 5.74) is -0.0136. The molecule has 0 radical (unpaired) electrons. The Morgan fingerprint density at radius 2 is 2.18 bits per heavy atom. The predicted octanol–water partition coefficient (Wildman–Crippen LogP) is 2.97. The molecule has 92 valence electrons. The van der Waals surface area contributed by atoms with Crippen molar-refractivity contribution in [2.75, 3.05) is 11.4 Å². The van der Waals surface area contributed by atoms with Crippen molar-refractivity contribution in [2.45, 2.75) is 26.3 Å². The molecule has 2 atom stereocenters. The summed E-state index contributed by atoms with van der Waals surface area (Å²) < 4.78 is 13.5. The average Bonchev–Trinajstić information content (AvgIpc) is 2.56. The maximum Gasteiger partial charge on any atom is 0.327 e. The number of hydrogen-bond donors (Lipinski definition) is 0. The molecule has 0 saturated carbocycles. The highest BCUT2D eigenvalue weighted by Crippen LogP contribution is 2.36. The van der Waals surface area contributed by atoms with E-state index in [-0.39, 0.29) is 6.04 Å². The highest BCUT2D eigenvalue weighted by atomic mass is 19.1. The van der Waals surface area contributed by atoms with Crippen molar-refractivity contribution in [1.82, 2.24) is 0 Å². The van der Waals surface area contributed by atoms with Crippen LogP contribution in [0, 0.1) is 21.8 Å². The lowest BCUT2D eigenvalue weighted by Gasteiger charge is -2.23. The minimum Gasteiger partial charge on any atom is -0.363 e. The number of nitro groups is 1. The molecule has 0 amide bonds. The summed E-state index contributed by atoms with van der Waals surface area (Å²) >= 11 is 0. The third-order valence-corrected chi connectivity index (χ3v) is 3.24. The van der Waals surface area contributed by atoms with E-state index in [2.05, 4.69) is 6.92 Å². The Labute approximate surface area is 99.2 Å². The van der Waals surface area contributed by atoms with Crippen LogP contribution in [0.3, 0.4) is 0 Å². The second-order valence-corrected chi connectivity index (χ2v) is 4.71. The van der Waals surface area contributed by atoms with E-state index in [9.17, 15) is 14.5 Å². The average molecular weight is 238 g/mol. The van der Waals surface area contributed by atoms with E-state index in [1.165, 1.54) is 6.07 Å². The first-order valence-corrected chi connectivity index (χ1v) is 5.70. The SMILES string of the molecule is CC1CC(C)N(c2cccc(F)c2[N+](=O)[O-])C1. The fraction of sp³-hybridized carbons (Fsp3) is 0.500. The van der Waals surface area contributed by atoms with Crippen LogP contribution >= 0.6 is 0 Å². The molecule has 2 rings (SSSR count). The highest BCUT2D eigenvalue weighted by Gasteiger charge is 2.32. The van der Waals surface area contributed by atoms with Gasteiger partial charge in [-0.15, -0.1) is 0 Å². The van der Waals surface area contributed by atoms with Crippen molar-refractivity contribution in [2.24, 2.45) is 5.92 Å². The number of nitrogens with zero attached hydrogens (tertiary/aromatic N) is 2. The van der Waals surface area contributed by atoms with Gasteiger partial charge in [-0.1, -0.05) is 13.0 Å². The summed E-state index contributed by atoms with van der Waals surface area (Å²) in [5, 5.41) is 10.9. The molecular weight excluding hydrogens is 223 g/mol. The Kier molecular flexibility index (Phi) is 3.00. The molecule has 4 nitrogen and oxygen atoms in total. The normalized spacial score (nSPS) is 24.1. The number of nitro benzene ring substituents is 1. The van der Waals surface area contributed by atoms with Crippen LogP contribution in [0.15, 0.2) is 18.2 Å². The van der Waals surface area contributed by atoms with Crippen LogP contribution in [-0.2, 0) is 0 Å². The lowest BCUT2D eigenvalue weighted by Crippen LogP contribution is -2.27. The van der Waals surface area contributed by atoms with E-state index in [4.69, 9.17) is 0 Å². The molecule has 0 aromatic heterocycles. The maximum atomic E-state index is 13.5. The van der Waals surface area contributed by atoms with Gasteiger partial charge in [0.05, 0.1) is 4.92 Å². The van der Waals surface area contributed by atoms with Gasteiger partial charge in [-0.25, -0.2) is 0 Å². The molecule has 1 fully saturated rings. The van der Waals surface area contributed by atoms with Crippen LogP contribution in [0.25, 0.3) is 0 Å². The second-order valence-electron chi connectivity index (χ2n) is 4.71.